The predicted octanol–water partition coefficient (Wildman–Crippen LogP) is 2.05. The zero-order valence-electron chi connectivity index (χ0n) is 9.92. The maximum absolute atomic E-state index is 13.2. The van der Waals surface area contributed by atoms with Gasteiger partial charge in [0.15, 0.2) is 23.1 Å². The molecule has 3 aromatic rings. The van der Waals surface area contributed by atoms with E-state index < -0.39 is 11.6 Å². The van der Waals surface area contributed by atoms with Crippen molar-refractivity contribution in [1.82, 2.24) is 20.1 Å². The van der Waals surface area contributed by atoms with E-state index in [0.29, 0.717) is 0 Å². The summed E-state index contributed by atoms with van der Waals surface area (Å²) in [7, 11) is 0. The van der Waals surface area contributed by atoms with E-state index in [0.717, 1.165) is 12.1 Å². The van der Waals surface area contributed by atoms with Crippen LogP contribution in [-0.4, -0.2) is 20.1 Å². The van der Waals surface area contributed by atoms with E-state index in [4.69, 9.17) is 10.3 Å². The minimum Gasteiger partial charge on any atom is -0.382 e. The summed E-state index contributed by atoms with van der Waals surface area (Å²) < 4.78 is 31.0. The minimum atomic E-state index is -0.993. The molecule has 100 valence electrons. The first-order valence-corrected chi connectivity index (χ1v) is 5.51. The fourth-order valence-corrected chi connectivity index (χ4v) is 1.59. The Bertz CT molecular complexity index is 774. The van der Waals surface area contributed by atoms with Crippen molar-refractivity contribution in [2.45, 2.75) is 0 Å². The third-order valence-electron chi connectivity index (χ3n) is 2.53. The Morgan fingerprint density at radius 2 is 1.85 bits per heavy atom. The van der Waals surface area contributed by atoms with Crippen LogP contribution in [0.15, 0.2) is 35.1 Å². The van der Waals surface area contributed by atoms with Crippen molar-refractivity contribution in [1.29, 1.82) is 0 Å². The monoisotopic (exact) mass is 275 g/mol. The summed E-state index contributed by atoms with van der Waals surface area (Å²) in [6, 6.07) is 3.30. The van der Waals surface area contributed by atoms with Gasteiger partial charge >= 0.3 is 0 Å². The van der Waals surface area contributed by atoms with E-state index in [9.17, 15) is 8.78 Å². The van der Waals surface area contributed by atoms with Gasteiger partial charge in [0, 0.05) is 18.0 Å². The zero-order chi connectivity index (χ0) is 14.1. The Balaban J connectivity index is 2.02. The number of hydrogen-bond donors (Lipinski definition) is 1. The van der Waals surface area contributed by atoms with Crippen LogP contribution < -0.4 is 5.73 Å². The van der Waals surface area contributed by atoms with Crippen LogP contribution in [0.1, 0.15) is 0 Å². The average Bonchev–Trinajstić information content (AvgIpc) is 2.92. The lowest BCUT2D eigenvalue weighted by Gasteiger charge is -1.96. The summed E-state index contributed by atoms with van der Waals surface area (Å²) in [5.41, 5.74) is 6.14. The second-order valence-corrected chi connectivity index (χ2v) is 3.84. The van der Waals surface area contributed by atoms with Crippen LogP contribution in [0.25, 0.3) is 23.0 Å². The van der Waals surface area contributed by atoms with Gasteiger partial charge in [-0.15, -0.1) is 0 Å². The van der Waals surface area contributed by atoms with Gasteiger partial charge in [0.1, 0.15) is 0 Å². The van der Waals surface area contributed by atoms with Crippen molar-refractivity contribution in [3.8, 4) is 23.0 Å². The van der Waals surface area contributed by atoms with E-state index in [1.54, 1.807) is 0 Å². The topological polar surface area (TPSA) is 90.7 Å². The van der Waals surface area contributed by atoms with Crippen LogP contribution in [0.3, 0.4) is 0 Å². The molecule has 0 aliphatic rings. The highest BCUT2D eigenvalue weighted by Gasteiger charge is 2.15. The van der Waals surface area contributed by atoms with Gasteiger partial charge in [-0.05, 0) is 18.2 Å². The first kappa shape index (κ1) is 12.2. The van der Waals surface area contributed by atoms with Crippen LogP contribution in [0.2, 0.25) is 0 Å². The zero-order valence-corrected chi connectivity index (χ0v) is 9.92. The molecule has 0 amide bonds. The number of benzene rings is 1. The molecular weight excluding hydrogens is 268 g/mol. The molecule has 2 N–H and O–H groups in total. The second-order valence-electron chi connectivity index (χ2n) is 3.84. The van der Waals surface area contributed by atoms with Gasteiger partial charge < -0.3 is 10.3 Å². The number of hydrogen-bond acceptors (Lipinski definition) is 6. The highest BCUT2D eigenvalue weighted by molar-refractivity contribution is 5.64. The third kappa shape index (κ3) is 2.07. The molecule has 0 atom stereocenters. The Morgan fingerprint density at radius 3 is 2.60 bits per heavy atom. The van der Waals surface area contributed by atoms with Crippen LogP contribution in [0.4, 0.5) is 14.6 Å². The van der Waals surface area contributed by atoms with Gasteiger partial charge in [0.05, 0.1) is 0 Å². The summed E-state index contributed by atoms with van der Waals surface area (Å²) in [4.78, 5) is 11.8. The van der Waals surface area contributed by atoms with Gasteiger partial charge in [0.25, 0.3) is 5.89 Å². The molecule has 0 radical (unpaired) electrons. The molecule has 0 saturated heterocycles. The molecule has 1 aromatic carbocycles. The van der Waals surface area contributed by atoms with Gasteiger partial charge in [-0.25, -0.2) is 18.7 Å². The molecule has 8 heteroatoms. The van der Waals surface area contributed by atoms with Crippen LogP contribution in [0, 0.1) is 11.6 Å². The Labute approximate surface area is 111 Å². The van der Waals surface area contributed by atoms with Crippen molar-refractivity contribution in [2.75, 3.05) is 5.73 Å². The third-order valence-corrected chi connectivity index (χ3v) is 2.53. The molecular formula is C12H7F2N5O. The Kier molecular flexibility index (Phi) is 2.82. The van der Waals surface area contributed by atoms with E-state index in [-0.39, 0.29) is 28.8 Å². The summed E-state index contributed by atoms with van der Waals surface area (Å²) in [5.74, 6) is -1.66. The maximum Gasteiger partial charge on any atom is 0.280 e. The second kappa shape index (κ2) is 4.65. The minimum absolute atomic E-state index is 0.0512. The Hall–Kier alpha value is -2.90. The number of nitrogen functional groups attached to an aromatic ring is 1. The van der Waals surface area contributed by atoms with E-state index in [2.05, 4.69) is 20.1 Å². The number of aromatic nitrogens is 4. The Morgan fingerprint density at radius 1 is 1.05 bits per heavy atom. The van der Waals surface area contributed by atoms with E-state index >= 15 is 0 Å². The number of nitrogens with two attached hydrogens (primary N) is 1. The summed E-state index contributed by atoms with van der Waals surface area (Å²) in [5, 5.41) is 3.68. The lowest BCUT2D eigenvalue weighted by molar-refractivity contribution is 0.431. The molecule has 20 heavy (non-hydrogen) atoms. The van der Waals surface area contributed by atoms with Gasteiger partial charge in [-0.1, -0.05) is 5.16 Å². The largest absolute Gasteiger partial charge is 0.382 e. The number of rotatable bonds is 2. The molecule has 0 spiro atoms. The highest BCUT2D eigenvalue weighted by atomic mass is 19.2. The van der Waals surface area contributed by atoms with Crippen LogP contribution in [-0.2, 0) is 0 Å². The molecule has 0 saturated carbocycles. The molecule has 0 unspecified atom stereocenters. The molecule has 2 aromatic heterocycles. The average molecular weight is 275 g/mol. The summed E-state index contributed by atoms with van der Waals surface area (Å²) in [6.07, 6.45) is 2.85. The number of halogens is 2. The van der Waals surface area contributed by atoms with Gasteiger partial charge in [0.2, 0.25) is 5.82 Å². The maximum atomic E-state index is 13.2. The normalized spacial score (nSPS) is 10.7. The molecule has 6 nitrogen and oxygen atoms in total. The molecule has 3 rings (SSSR count). The fraction of sp³-hybridized carbons (Fsp3) is 0. The molecule has 0 aliphatic heterocycles. The number of nitrogens with zero attached hydrogens (tertiary/aromatic N) is 4. The van der Waals surface area contributed by atoms with Crippen molar-refractivity contribution in [3.63, 3.8) is 0 Å². The van der Waals surface area contributed by atoms with Crippen molar-refractivity contribution in [2.24, 2.45) is 0 Å². The molecule has 0 bridgehead atoms. The summed E-state index contributed by atoms with van der Waals surface area (Å²) in [6.45, 7) is 0. The molecule has 0 fully saturated rings. The smallest absolute Gasteiger partial charge is 0.280 e. The SMILES string of the molecule is Nc1nccnc1-c1nc(-c2ccc(F)c(F)c2)no1. The lowest BCUT2D eigenvalue weighted by Crippen LogP contribution is -1.96. The van der Waals surface area contributed by atoms with Crippen molar-refractivity contribution < 1.29 is 13.3 Å². The standard InChI is InChI=1S/C12H7F2N5O/c13-7-2-1-6(5-8(7)14)11-18-12(20-19-11)9-10(15)17-4-3-16-9/h1-5H,(H2,15,17). The molecule has 2 heterocycles. The van der Waals surface area contributed by atoms with Crippen LogP contribution >= 0.6 is 0 Å². The first-order valence-electron chi connectivity index (χ1n) is 5.51. The number of anilines is 1. The van der Waals surface area contributed by atoms with Gasteiger partial charge in [-0.3, -0.25) is 0 Å². The quantitative estimate of drug-likeness (QED) is 0.769. The van der Waals surface area contributed by atoms with Crippen LogP contribution in [0.5, 0.6) is 0 Å². The van der Waals surface area contributed by atoms with E-state index in [1.165, 1.54) is 18.5 Å². The fourth-order valence-electron chi connectivity index (χ4n) is 1.59. The molecule has 0 aliphatic carbocycles. The first-order chi connectivity index (χ1) is 9.65. The van der Waals surface area contributed by atoms with Gasteiger partial charge in [-0.2, -0.15) is 4.98 Å². The highest BCUT2D eigenvalue weighted by Crippen LogP contribution is 2.24. The summed E-state index contributed by atoms with van der Waals surface area (Å²) >= 11 is 0. The predicted molar refractivity (Wildman–Crippen MR) is 65.1 cm³/mol. The van der Waals surface area contributed by atoms with E-state index in [1.807, 2.05) is 0 Å². The lowest BCUT2D eigenvalue weighted by atomic mass is 10.2. The van der Waals surface area contributed by atoms with Crippen molar-refractivity contribution >= 4 is 5.82 Å². The van der Waals surface area contributed by atoms with Crippen molar-refractivity contribution in [3.05, 3.63) is 42.2 Å².